The van der Waals surface area contributed by atoms with Crippen molar-refractivity contribution in [2.75, 3.05) is 0 Å². The Kier molecular flexibility index (Phi) is 6.66. The van der Waals surface area contributed by atoms with Gasteiger partial charge in [-0.15, -0.1) is 0 Å². The molecule has 0 amide bonds. The molecule has 2 N–H and O–H groups in total. The third kappa shape index (κ3) is 5.03. The summed E-state index contributed by atoms with van der Waals surface area (Å²) < 4.78 is 27.8. The van der Waals surface area contributed by atoms with Gasteiger partial charge in [0, 0.05) is 42.9 Å². The zero-order chi connectivity index (χ0) is 22.9. The molecular formula is C26H32ClF2N3. The van der Waals surface area contributed by atoms with E-state index in [4.69, 9.17) is 11.6 Å². The Bertz CT molecular complexity index is 943. The summed E-state index contributed by atoms with van der Waals surface area (Å²) in [7, 11) is 0. The number of allylic oxidation sites excluding steroid dienone is 2. The normalized spacial score (nSPS) is 25.5. The van der Waals surface area contributed by atoms with E-state index >= 15 is 0 Å². The van der Waals surface area contributed by atoms with Crippen molar-refractivity contribution in [2.45, 2.75) is 76.4 Å². The van der Waals surface area contributed by atoms with Crippen LogP contribution in [-0.4, -0.2) is 28.9 Å². The van der Waals surface area contributed by atoms with E-state index in [1.165, 1.54) is 5.56 Å². The van der Waals surface area contributed by atoms with Crippen molar-refractivity contribution in [3.63, 3.8) is 0 Å². The summed E-state index contributed by atoms with van der Waals surface area (Å²) in [5, 5.41) is 7.74. The van der Waals surface area contributed by atoms with E-state index < -0.39 is 5.92 Å². The maximum atomic E-state index is 13.9. The van der Waals surface area contributed by atoms with Crippen LogP contribution in [0.4, 0.5) is 8.78 Å². The van der Waals surface area contributed by atoms with E-state index in [9.17, 15) is 8.78 Å². The second-order valence-corrected chi connectivity index (χ2v) is 9.56. The molecule has 3 aliphatic rings. The number of nitrogens with zero attached hydrogens (tertiary/aromatic N) is 1. The predicted molar refractivity (Wildman–Crippen MR) is 128 cm³/mol. The monoisotopic (exact) mass is 459 g/mol. The van der Waals surface area contributed by atoms with Gasteiger partial charge in [0.1, 0.15) is 5.82 Å². The molecule has 6 heteroatoms. The molecular weight excluding hydrogens is 428 g/mol. The minimum absolute atomic E-state index is 0.107. The highest BCUT2D eigenvalue weighted by Gasteiger charge is 2.38. The van der Waals surface area contributed by atoms with Crippen molar-refractivity contribution < 1.29 is 8.78 Å². The first-order valence-corrected chi connectivity index (χ1v) is 11.9. The Labute approximate surface area is 194 Å². The number of fused-ring (bicyclic) bond motifs is 1. The van der Waals surface area contributed by atoms with Crippen LogP contribution in [0.5, 0.6) is 0 Å². The molecule has 32 heavy (non-hydrogen) atoms. The summed E-state index contributed by atoms with van der Waals surface area (Å²) in [6.07, 6.45) is 10.7. The average molecular weight is 460 g/mol. The molecule has 0 aromatic heterocycles. The molecule has 172 valence electrons. The number of nitrogens with one attached hydrogen (secondary N) is 2. The molecule has 0 bridgehead atoms. The number of halogens is 3. The van der Waals surface area contributed by atoms with Crippen LogP contribution in [0.1, 0.15) is 57.1 Å². The largest absolute Gasteiger partial charge is 0.382 e. The molecule has 0 saturated heterocycles. The van der Waals surface area contributed by atoms with E-state index in [-0.39, 0.29) is 17.7 Å². The van der Waals surface area contributed by atoms with E-state index in [1.54, 1.807) is 6.20 Å². The molecule has 1 aliphatic carbocycles. The van der Waals surface area contributed by atoms with Crippen LogP contribution in [-0.2, 0) is 6.42 Å². The molecule has 1 aromatic rings. The van der Waals surface area contributed by atoms with Gasteiger partial charge in [0.15, 0.2) is 0 Å². The number of alkyl halides is 2. The highest BCUT2D eigenvalue weighted by atomic mass is 35.5. The zero-order valence-electron chi connectivity index (χ0n) is 18.8. The highest BCUT2D eigenvalue weighted by molar-refractivity contribution is 6.31. The molecule has 2 aliphatic heterocycles. The SMILES string of the molecule is C=C(NC1CCCC(NC2=C(Cl)C=CC3CC(C(C)(F)F)=CN23)C1)c1ccc(CC)cc1. The summed E-state index contributed by atoms with van der Waals surface area (Å²) in [5.41, 5.74) is 3.51. The van der Waals surface area contributed by atoms with Crippen molar-refractivity contribution in [1.29, 1.82) is 0 Å². The van der Waals surface area contributed by atoms with Crippen molar-refractivity contribution in [1.82, 2.24) is 15.5 Å². The van der Waals surface area contributed by atoms with Gasteiger partial charge in [-0.25, -0.2) is 8.78 Å². The Morgan fingerprint density at radius 3 is 2.62 bits per heavy atom. The van der Waals surface area contributed by atoms with Gasteiger partial charge in [-0.3, -0.25) is 0 Å². The summed E-state index contributed by atoms with van der Waals surface area (Å²) in [5.74, 6) is -2.09. The van der Waals surface area contributed by atoms with Gasteiger partial charge in [0.2, 0.25) is 0 Å². The van der Waals surface area contributed by atoms with Crippen molar-refractivity contribution in [2.24, 2.45) is 0 Å². The maximum Gasteiger partial charge on any atom is 0.268 e. The lowest BCUT2D eigenvalue weighted by atomic mass is 9.90. The molecule has 0 radical (unpaired) electrons. The molecule has 1 aromatic carbocycles. The Balaban J connectivity index is 1.40. The van der Waals surface area contributed by atoms with E-state index in [2.05, 4.69) is 48.4 Å². The van der Waals surface area contributed by atoms with Crippen LogP contribution >= 0.6 is 11.6 Å². The summed E-state index contributed by atoms with van der Waals surface area (Å²) in [6, 6.07) is 8.94. The fourth-order valence-electron chi connectivity index (χ4n) is 4.78. The molecule has 1 fully saturated rings. The lowest BCUT2D eigenvalue weighted by Gasteiger charge is -2.37. The zero-order valence-corrected chi connectivity index (χ0v) is 19.6. The van der Waals surface area contributed by atoms with Gasteiger partial charge < -0.3 is 15.5 Å². The van der Waals surface area contributed by atoms with Crippen LogP contribution in [0.15, 0.2) is 65.6 Å². The van der Waals surface area contributed by atoms with Gasteiger partial charge in [-0.2, -0.15) is 0 Å². The minimum atomic E-state index is -2.82. The molecule has 1 saturated carbocycles. The average Bonchev–Trinajstić information content (AvgIpc) is 3.21. The fraction of sp³-hybridized carbons (Fsp3) is 0.462. The van der Waals surface area contributed by atoms with Gasteiger partial charge in [0.25, 0.3) is 5.92 Å². The Morgan fingerprint density at radius 2 is 1.94 bits per heavy atom. The van der Waals surface area contributed by atoms with Crippen LogP contribution in [0, 0.1) is 0 Å². The molecule has 3 nitrogen and oxygen atoms in total. The van der Waals surface area contributed by atoms with Gasteiger partial charge in [-0.1, -0.05) is 55.4 Å². The standard InChI is InChI=1S/C26H32ClF2N3/c1-4-18-8-10-19(11-9-18)17(2)30-21-6-5-7-22(15-21)31-25-24(27)13-12-23-14-20(16-32(23)25)26(3,28)29/h8-13,16,21-23,30-31H,2,4-7,14-15H2,1,3H3. The first-order chi connectivity index (χ1) is 15.2. The summed E-state index contributed by atoms with van der Waals surface area (Å²) in [4.78, 5) is 1.88. The van der Waals surface area contributed by atoms with Crippen LogP contribution in [0.25, 0.3) is 5.70 Å². The third-order valence-electron chi connectivity index (χ3n) is 6.70. The van der Waals surface area contributed by atoms with Crippen molar-refractivity contribution >= 4 is 17.3 Å². The van der Waals surface area contributed by atoms with E-state index in [0.717, 1.165) is 56.1 Å². The molecule has 2 heterocycles. The van der Waals surface area contributed by atoms with Gasteiger partial charge in [-0.05, 0) is 49.3 Å². The first kappa shape index (κ1) is 22.9. The smallest absolute Gasteiger partial charge is 0.268 e. The van der Waals surface area contributed by atoms with Gasteiger partial charge >= 0.3 is 0 Å². The third-order valence-corrected chi connectivity index (χ3v) is 7.00. The lowest BCUT2D eigenvalue weighted by Crippen LogP contribution is -2.45. The lowest BCUT2D eigenvalue weighted by molar-refractivity contribution is 0.0608. The van der Waals surface area contributed by atoms with Crippen LogP contribution in [0.3, 0.4) is 0 Å². The second-order valence-electron chi connectivity index (χ2n) is 9.16. The molecule has 3 atom stereocenters. The number of hydrogen-bond donors (Lipinski definition) is 2. The number of benzene rings is 1. The molecule has 4 rings (SSSR count). The number of rotatable bonds is 7. The Hall–Kier alpha value is -2.27. The molecule has 0 spiro atoms. The van der Waals surface area contributed by atoms with Crippen LogP contribution < -0.4 is 10.6 Å². The topological polar surface area (TPSA) is 27.3 Å². The van der Waals surface area contributed by atoms with E-state index in [1.807, 2.05) is 17.1 Å². The number of aryl methyl sites for hydroxylation is 1. The maximum absolute atomic E-state index is 13.9. The highest BCUT2D eigenvalue weighted by Crippen LogP contribution is 2.39. The van der Waals surface area contributed by atoms with E-state index in [0.29, 0.717) is 17.5 Å². The van der Waals surface area contributed by atoms with Crippen molar-refractivity contribution in [3.8, 4) is 0 Å². The van der Waals surface area contributed by atoms with Gasteiger partial charge in [0.05, 0.1) is 11.1 Å². The second kappa shape index (κ2) is 9.30. The fourth-order valence-corrected chi connectivity index (χ4v) is 5.01. The predicted octanol–water partition coefficient (Wildman–Crippen LogP) is 6.30. The quantitative estimate of drug-likeness (QED) is 0.501. The van der Waals surface area contributed by atoms with Crippen LogP contribution in [0.2, 0.25) is 0 Å². The first-order valence-electron chi connectivity index (χ1n) is 11.5. The molecule has 3 unspecified atom stereocenters. The minimum Gasteiger partial charge on any atom is -0.382 e. The Morgan fingerprint density at radius 1 is 1.22 bits per heavy atom. The summed E-state index contributed by atoms with van der Waals surface area (Å²) in [6.45, 7) is 7.35. The number of hydrogen-bond acceptors (Lipinski definition) is 3. The summed E-state index contributed by atoms with van der Waals surface area (Å²) >= 11 is 6.50. The van der Waals surface area contributed by atoms with Crippen molar-refractivity contribution in [3.05, 3.63) is 76.7 Å².